The van der Waals surface area contributed by atoms with Gasteiger partial charge in [-0.1, -0.05) is 30.3 Å². The van der Waals surface area contributed by atoms with E-state index in [-0.39, 0.29) is 12.1 Å². The summed E-state index contributed by atoms with van der Waals surface area (Å²) in [5.74, 6) is 0. The van der Waals surface area contributed by atoms with Gasteiger partial charge in [0.2, 0.25) is 0 Å². The van der Waals surface area contributed by atoms with Crippen molar-refractivity contribution in [1.82, 2.24) is 4.90 Å². The van der Waals surface area contributed by atoms with Crippen LogP contribution in [-0.2, 0) is 20.8 Å². The molecule has 1 fully saturated rings. The van der Waals surface area contributed by atoms with Gasteiger partial charge in [-0.2, -0.15) is 0 Å². The van der Waals surface area contributed by atoms with E-state index in [0.717, 1.165) is 25.9 Å². The van der Waals surface area contributed by atoms with Crippen molar-refractivity contribution in [3.8, 4) is 0 Å². The lowest BCUT2D eigenvalue weighted by Gasteiger charge is -2.35. The zero-order chi connectivity index (χ0) is 19.2. The van der Waals surface area contributed by atoms with Crippen molar-refractivity contribution in [2.75, 3.05) is 13.2 Å². The average Bonchev–Trinajstić information content (AvgIpc) is 2.85. The van der Waals surface area contributed by atoms with Crippen LogP contribution in [0.15, 0.2) is 30.3 Å². The number of carbonyl (C=O) groups is 1. The summed E-state index contributed by atoms with van der Waals surface area (Å²) in [5.41, 5.74) is 0.0529. The molecule has 0 N–H and O–H groups in total. The quantitative estimate of drug-likeness (QED) is 0.656. The second kappa shape index (κ2) is 8.87. The van der Waals surface area contributed by atoms with Crippen molar-refractivity contribution < 1.29 is 19.0 Å². The molecule has 1 aliphatic rings. The molecule has 1 aromatic carbocycles. The maximum atomic E-state index is 12.6. The third-order valence-electron chi connectivity index (χ3n) is 4.35. The maximum Gasteiger partial charge on any atom is 0.412 e. The summed E-state index contributed by atoms with van der Waals surface area (Å²) in [6, 6.07) is 10.2. The number of benzene rings is 1. The van der Waals surface area contributed by atoms with Crippen molar-refractivity contribution in [1.29, 1.82) is 0 Å². The fraction of sp³-hybridized carbons (Fsp3) is 0.667. The van der Waals surface area contributed by atoms with Gasteiger partial charge in [0.25, 0.3) is 0 Å². The first-order valence-corrected chi connectivity index (χ1v) is 9.47. The Bertz CT molecular complexity index is 565. The normalized spacial score (nSPS) is 19.6. The Balaban J connectivity index is 1.74. The molecule has 2 rings (SSSR count). The molecule has 0 radical (unpaired) electrons. The van der Waals surface area contributed by atoms with Gasteiger partial charge in [0.15, 0.2) is 0 Å². The minimum absolute atomic E-state index is 0.0500. The highest BCUT2D eigenvalue weighted by atomic mass is 16.6. The van der Waals surface area contributed by atoms with E-state index in [1.807, 2.05) is 52.8 Å². The van der Waals surface area contributed by atoms with E-state index in [0.29, 0.717) is 13.2 Å². The number of amides is 1. The van der Waals surface area contributed by atoms with Gasteiger partial charge in [-0.15, -0.1) is 0 Å². The molecule has 1 aromatic rings. The smallest absolute Gasteiger partial charge is 0.412 e. The minimum Gasteiger partial charge on any atom is -0.444 e. The predicted octanol–water partition coefficient (Wildman–Crippen LogP) is 4.75. The first-order valence-electron chi connectivity index (χ1n) is 9.47. The number of nitrogens with zero attached hydrogens (tertiary/aromatic N) is 1. The highest BCUT2D eigenvalue weighted by Crippen LogP contribution is 2.31. The highest BCUT2D eigenvalue weighted by molar-refractivity contribution is 5.69. The van der Waals surface area contributed by atoms with E-state index in [1.165, 1.54) is 5.56 Å². The third-order valence-corrected chi connectivity index (χ3v) is 4.35. The van der Waals surface area contributed by atoms with Crippen LogP contribution in [0.2, 0.25) is 0 Å². The van der Waals surface area contributed by atoms with Gasteiger partial charge in [0.1, 0.15) is 11.3 Å². The zero-order valence-electron chi connectivity index (χ0n) is 16.8. The highest BCUT2D eigenvalue weighted by Gasteiger charge is 2.45. The van der Waals surface area contributed by atoms with Crippen LogP contribution in [0.25, 0.3) is 0 Å². The van der Waals surface area contributed by atoms with Crippen LogP contribution in [0, 0.1) is 0 Å². The lowest BCUT2D eigenvalue weighted by molar-refractivity contribution is -0.0627. The number of hydrogen-bond donors (Lipinski definition) is 0. The van der Waals surface area contributed by atoms with E-state index >= 15 is 0 Å². The monoisotopic (exact) mass is 363 g/mol. The molecule has 0 aromatic heterocycles. The van der Waals surface area contributed by atoms with Crippen LogP contribution < -0.4 is 0 Å². The molecule has 1 heterocycles. The Kier molecular flexibility index (Phi) is 7.07. The van der Waals surface area contributed by atoms with Crippen LogP contribution in [0.4, 0.5) is 4.79 Å². The Morgan fingerprint density at radius 2 is 1.92 bits per heavy atom. The van der Waals surface area contributed by atoms with Gasteiger partial charge in [-0.3, -0.25) is 4.90 Å². The first kappa shape index (κ1) is 20.7. The van der Waals surface area contributed by atoms with Gasteiger partial charge in [-0.05, 0) is 59.4 Å². The van der Waals surface area contributed by atoms with E-state index in [1.54, 1.807) is 4.90 Å². The summed E-state index contributed by atoms with van der Waals surface area (Å²) in [6.45, 7) is 11.4. The number of ether oxygens (including phenoxy) is 3. The Morgan fingerprint density at radius 1 is 1.23 bits per heavy atom. The second-order valence-electron chi connectivity index (χ2n) is 8.30. The van der Waals surface area contributed by atoms with Gasteiger partial charge < -0.3 is 14.2 Å². The van der Waals surface area contributed by atoms with E-state index in [9.17, 15) is 4.79 Å². The molecule has 5 heteroatoms. The van der Waals surface area contributed by atoms with Gasteiger partial charge in [0.05, 0.1) is 19.3 Å². The molecule has 1 atom stereocenters. The molecular formula is C21H33NO4. The fourth-order valence-corrected chi connectivity index (χ4v) is 3.12. The van der Waals surface area contributed by atoms with Gasteiger partial charge in [0, 0.05) is 6.61 Å². The van der Waals surface area contributed by atoms with Crippen LogP contribution in [0.5, 0.6) is 0 Å². The lowest BCUT2D eigenvalue weighted by Crippen LogP contribution is -2.49. The summed E-state index contributed by atoms with van der Waals surface area (Å²) >= 11 is 0. The number of hydrogen-bond acceptors (Lipinski definition) is 4. The average molecular weight is 363 g/mol. The van der Waals surface area contributed by atoms with Crippen molar-refractivity contribution in [2.24, 2.45) is 0 Å². The second-order valence-corrected chi connectivity index (χ2v) is 8.30. The fourth-order valence-electron chi connectivity index (χ4n) is 3.12. The minimum atomic E-state index is -0.628. The maximum absolute atomic E-state index is 12.6. The van der Waals surface area contributed by atoms with E-state index < -0.39 is 11.3 Å². The SMILES string of the molecule is CC(C)(C)OC(=O)N1[C@@H](CCCCOCc2ccccc2)COC1(C)C. The Labute approximate surface area is 157 Å². The number of unbranched alkanes of at least 4 members (excludes halogenated alkanes) is 1. The molecular weight excluding hydrogens is 330 g/mol. The van der Waals surface area contributed by atoms with E-state index in [2.05, 4.69) is 12.1 Å². The summed E-state index contributed by atoms with van der Waals surface area (Å²) in [5, 5.41) is 0. The predicted molar refractivity (Wildman–Crippen MR) is 102 cm³/mol. The molecule has 0 spiro atoms. The van der Waals surface area contributed by atoms with Crippen molar-refractivity contribution in [3.05, 3.63) is 35.9 Å². The zero-order valence-corrected chi connectivity index (χ0v) is 16.8. The molecule has 1 aliphatic heterocycles. The lowest BCUT2D eigenvalue weighted by atomic mass is 10.1. The van der Waals surface area contributed by atoms with Crippen LogP contribution in [0.3, 0.4) is 0 Å². The van der Waals surface area contributed by atoms with Crippen molar-refractivity contribution in [2.45, 2.75) is 77.9 Å². The van der Waals surface area contributed by atoms with Gasteiger partial charge in [-0.25, -0.2) is 4.79 Å². The molecule has 26 heavy (non-hydrogen) atoms. The molecule has 146 valence electrons. The summed E-state index contributed by atoms with van der Waals surface area (Å²) < 4.78 is 17.1. The molecule has 0 aliphatic carbocycles. The van der Waals surface area contributed by atoms with Crippen molar-refractivity contribution in [3.63, 3.8) is 0 Å². The summed E-state index contributed by atoms with van der Waals surface area (Å²) in [4.78, 5) is 14.3. The molecule has 0 saturated carbocycles. The number of rotatable bonds is 7. The molecule has 0 unspecified atom stereocenters. The molecule has 5 nitrogen and oxygen atoms in total. The Morgan fingerprint density at radius 3 is 2.58 bits per heavy atom. The molecule has 0 bridgehead atoms. The van der Waals surface area contributed by atoms with Crippen LogP contribution in [0.1, 0.15) is 59.4 Å². The first-order chi connectivity index (χ1) is 12.2. The van der Waals surface area contributed by atoms with Crippen molar-refractivity contribution >= 4 is 6.09 Å². The topological polar surface area (TPSA) is 48.0 Å². The van der Waals surface area contributed by atoms with Crippen LogP contribution >= 0.6 is 0 Å². The van der Waals surface area contributed by atoms with Crippen LogP contribution in [-0.4, -0.2) is 41.6 Å². The standard InChI is InChI=1S/C21H33NO4/c1-20(2,3)26-19(23)22-18(16-25-21(22,4)5)13-9-10-14-24-15-17-11-7-6-8-12-17/h6-8,11-12,18H,9-10,13-16H2,1-5H3/t18-/m0/s1. The largest absolute Gasteiger partial charge is 0.444 e. The summed E-state index contributed by atoms with van der Waals surface area (Å²) in [7, 11) is 0. The molecule has 1 saturated heterocycles. The third kappa shape index (κ3) is 6.29. The molecule has 1 amide bonds. The number of carbonyl (C=O) groups excluding carboxylic acids is 1. The Hall–Kier alpha value is -1.59. The summed E-state index contributed by atoms with van der Waals surface area (Å²) in [6.07, 6.45) is 2.53. The van der Waals surface area contributed by atoms with Gasteiger partial charge >= 0.3 is 6.09 Å². The van der Waals surface area contributed by atoms with E-state index in [4.69, 9.17) is 14.2 Å².